The maximum Gasteiger partial charge on any atom is 0.261 e. The number of rotatable bonds is 8. The standard InChI is InChI=1S/C24H21N3O5S2/c1-31-19-8-6-16(7-9-19)22-15-33-24(25-22)26-23(28)17-4-3-5-18(14-17)27-34(29,30)21-12-10-20(32-2)11-13-21/h3-15,27H,1-2H3,(H,25,26,28). The van der Waals surface area contributed by atoms with Crippen molar-refractivity contribution in [2.24, 2.45) is 0 Å². The Morgan fingerprint density at radius 2 is 1.56 bits per heavy atom. The Labute approximate surface area is 201 Å². The van der Waals surface area contributed by atoms with Crippen LogP contribution in [-0.2, 0) is 10.0 Å². The van der Waals surface area contributed by atoms with E-state index >= 15 is 0 Å². The number of amides is 1. The third-order valence-corrected chi connectivity index (χ3v) is 7.01. The van der Waals surface area contributed by atoms with Crippen molar-refractivity contribution in [1.82, 2.24) is 4.98 Å². The second-order valence-electron chi connectivity index (χ2n) is 7.08. The summed E-state index contributed by atoms with van der Waals surface area (Å²) < 4.78 is 38.1. The van der Waals surface area contributed by atoms with Crippen LogP contribution in [0.4, 0.5) is 10.8 Å². The molecule has 1 amide bonds. The molecule has 0 fully saturated rings. The zero-order valence-corrected chi connectivity index (χ0v) is 19.9. The lowest BCUT2D eigenvalue weighted by molar-refractivity contribution is 0.102. The van der Waals surface area contributed by atoms with Crippen molar-refractivity contribution in [3.63, 3.8) is 0 Å². The van der Waals surface area contributed by atoms with Gasteiger partial charge in [-0.1, -0.05) is 6.07 Å². The van der Waals surface area contributed by atoms with Gasteiger partial charge < -0.3 is 9.47 Å². The molecule has 3 aromatic carbocycles. The fourth-order valence-electron chi connectivity index (χ4n) is 3.09. The Kier molecular flexibility index (Phi) is 6.80. The van der Waals surface area contributed by atoms with E-state index in [9.17, 15) is 13.2 Å². The molecule has 0 atom stereocenters. The van der Waals surface area contributed by atoms with Crippen molar-refractivity contribution in [1.29, 1.82) is 0 Å². The summed E-state index contributed by atoms with van der Waals surface area (Å²) in [5, 5.41) is 5.03. The maximum absolute atomic E-state index is 12.7. The summed E-state index contributed by atoms with van der Waals surface area (Å²) in [4.78, 5) is 17.3. The number of benzene rings is 3. The molecular formula is C24H21N3O5S2. The van der Waals surface area contributed by atoms with E-state index in [4.69, 9.17) is 9.47 Å². The molecule has 0 bridgehead atoms. The smallest absolute Gasteiger partial charge is 0.261 e. The monoisotopic (exact) mass is 495 g/mol. The minimum Gasteiger partial charge on any atom is -0.497 e. The lowest BCUT2D eigenvalue weighted by Crippen LogP contribution is -2.15. The molecule has 0 aliphatic heterocycles. The predicted octanol–water partition coefficient (Wildman–Crippen LogP) is 4.88. The molecule has 10 heteroatoms. The number of nitrogens with one attached hydrogen (secondary N) is 2. The zero-order chi connectivity index (χ0) is 24.1. The van der Waals surface area contributed by atoms with Gasteiger partial charge in [-0.15, -0.1) is 11.3 Å². The largest absolute Gasteiger partial charge is 0.497 e. The number of carbonyl (C=O) groups is 1. The highest BCUT2D eigenvalue weighted by Crippen LogP contribution is 2.27. The fourth-order valence-corrected chi connectivity index (χ4v) is 4.85. The lowest BCUT2D eigenvalue weighted by atomic mass is 10.2. The number of hydrogen-bond donors (Lipinski definition) is 2. The minimum atomic E-state index is -3.83. The van der Waals surface area contributed by atoms with Crippen LogP contribution in [-0.4, -0.2) is 33.5 Å². The zero-order valence-electron chi connectivity index (χ0n) is 18.3. The maximum atomic E-state index is 12.7. The second-order valence-corrected chi connectivity index (χ2v) is 9.62. The van der Waals surface area contributed by atoms with Gasteiger partial charge in [-0.25, -0.2) is 13.4 Å². The van der Waals surface area contributed by atoms with E-state index in [1.165, 1.54) is 36.6 Å². The molecule has 0 aliphatic carbocycles. The average molecular weight is 496 g/mol. The Bertz CT molecular complexity index is 1400. The van der Waals surface area contributed by atoms with E-state index in [-0.39, 0.29) is 16.1 Å². The number of anilines is 2. The molecule has 1 aromatic heterocycles. The summed E-state index contributed by atoms with van der Waals surface area (Å²) in [5.74, 6) is 0.895. The van der Waals surface area contributed by atoms with Crippen LogP contribution in [0.1, 0.15) is 10.4 Å². The predicted molar refractivity (Wildman–Crippen MR) is 132 cm³/mol. The molecule has 0 spiro atoms. The van der Waals surface area contributed by atoms with E-state index in [1.807, 2.05) is 29.6 Å². The van der Waals surface area contributed by atoms with Gasteiger partial charge in [0.05, 0.1) is 24.8 Å². The Hall–Kier alpha value is -3.89. The highest BCUT2D eigenvalue weighted by atomic mass is 32.2. The first-order chi connectivity index (χ1) is 16.4. The van der Waals surface area contributed by atoms with Crippen LogP contribution in [0.3, 0.4) is 0 Å². The number of hydrogen-bond acceptors (Lipinski definition) is 7. The van der Waals surface area contributed by atoms with Crippen LogP contribution in [0.15, 0.2) is 83.1 Å². The molecule has 34 heavy (non-hydrogen) atoms. The van der Waals surface area contributed by atoms with Crippen molar-refractivity contribution in [2.45, 2.75) is 4.90 Å². The molecule has 4 rings (SSSR count). The second kappa shape index (κ2) is 9.94. The molecule has 174 valence electrons. The van der Waals surface area contributed by atoms with Gasteiger partial charge in [-0.2, -0.15) is 0 Å². The summed E-state index contributed by atoms with van der Waals surface area (Å²) in [6.07, 6.45) is 0. The third-order valence-electron chi connectivity index (χ3n) is 4.86. The average Bonchev–Trinajstić information content (AvgIpc) is 3.32. The molecule has 0 aliphatic rings. The number of aromatic nitrogens is 1. The first-order valence-electron chi connectivity index (χ1n) is 10.1. The summed E-state index contributed by atoms with van der Waals surface area (Å²) in [5.41, 5.74) is 2.18. The molecule has 0 unspecified atom stereocenters. The van der Waals surface area contributed by atoms with Gasteiger partial charge in [0.25, 0.3) is 15.9 Å². The van der Waals surface area contributed by atoms with Crippen LogP contribution in [0.2, 0.25) is 0 Å². The van der Waals surface area contributed by atoms with Crippen LogP contribution < -0.4 is 19.5 Å². The van der Waals surface area contributed by atoms with Gasteiger partial charge in [0, 0.05) is 22.2 Å². The molecular weight excluding hydrogens is 474 g/mol. The topological polar surface area (TPSA) is 107 Å². The van der Waals surface area contributed by atoms with Crippen molar-refractivity contribution >= 4 is 38.1 Å². The number of thiazole rings is 1. The summed E-state index contributed by atoms with van der Waals surface area (Å²) >= 11 is 1.30. The first kappa shape index (κ1) is 23.3. The molecule has 0 saturated heterocycles. The van der Waals surface area contributed by atoms with Crippen LogP contribution in [0.5, 0.6) is 11.5 Å². The fraction of sp³-hybridized carbons (Fsp3) is 0.0833. The van der Waals surface area contributed by atoms with Gasteiger partial charge in [-0.05, 0) is 66.7 Å². The molecule has 0 saturated carbocycles. The van der Waals surface area contributed by atoms with Gasteiger partial charge in [-0.3, -0.25) is 14.8 Å². The quantitative estimate of drug-likeness (QED) is 0.361. The minimum absolute atomic E-state index is 0.0806. The van der Waals surface area contributed by atoms with Gasteiger partial charge in [0.15, 0.2) is 5.13 Å². The normalized spacial score (nSPS) is 11.0. The highest BCUT2D eigenvalue weighted by molar-refractivity contribution is 7.92. The van der Waals surface area contributed by atoms with Gasteiger partial charge in [0.2, 0.25) is 0 Å². The number of methoxy groups -OCH3 is 2. The number of carbonyl (C=O) groups excluding carboxylic acids is 1. The SMILES string of the molecule is COc1ccc(-c2csc(NC(=O)c3cccc(NS(=O)(=O)c4ccc(OC)cc4)c3)n2)cc1. The molecule has 0 radical (unpaired) electrons. The Balaban J connectivity index is 1.46. The van der Waals surface area contributed by atoms with Crippen LogP contribution >= 0.6 is 11.3 Å². The van der Waals surface area contributed by atoms with Crippen LogP contribution in [0, 0.1) is 0 Å². The van der Waals surface area contributed by atoms with Crippen LogP contribution in [0.25, 0.3) is 11.3 Å². The molecule has 4 aromatic rings. The Morgan fingerprint density at radius 3 is 2.21 bits per heavy atom. The summed E-state index contributed by atoms with van der Waals surface area (Å²) in [6, 6.07) is 19.7. The van der Waals surface area contributed by atoms with Crippen molar-refractivity contribution < 1.29 is 22.7 Å². The number of sulfonamides is 1. The van der Waals surface area contributed by atoms with Crippen molar-refractivity contribution in [3.05, 3.63) is 83.7 Å². The van der Waals surface area contributed by atoms with Crippen molar-refractivity contribution in [3.8, 4) is 22.8 Å². The Morgan fingerprint density at radius 1 is 0.912 bits per heavy atom. The van der Waals surface area contributed by atoms with E-state index in [1.54, 1.807) is 37.4 Å². The highest BCUT2D eigenvalue weighted by Gasteiger charge is 2.16. The van der Waals surface area contributed by atoms with E-state index in [0.29, 0.717) is 10.9 Å². The number of ether oxygens (including phenoxy) is 2. The third kappa shape index (κ3) is 5.36. The number of nitrogens with zero attached hydrogens (tertiary/aromatic N) is 1. The lowest BCUT2D eigenvalue weighted by Gasteiger charge is -2.10. The van der Waals surface area contributed by atoms with E-state index < -0.39 is 15.9 Å². The van der Waals surface area contributed by atoms with Gasteiger partial charge >= 0.3 is 0 Å². The van der Waals surface area contributed by atoms with Gasteiger partial charge in [0.1, 0.15) is 11.5 Å². The molecule has 1 heterocycles. The molecule has 8 nitrogen and oxygen atoms in total. The first-order valence-corrected chi connectivity index (χ1v) is 12.4. The van der Waals surface area contributed by atoms with E-state index in [0.717, 1.165) is 17.0 Å². The summed E-state index contributed by atoms with van der Waals surface area (Å²) in [7, 11) is -0.723. The summed E-state index contributed by atoms with van der Waals surface area (Å²) in [6.45, 7) is 0. The van der Waals surface area contributed by atoms with E-state index in [2.05, 4.69) is 15.0 Å². The van der Waals surface area contributed by atoms with Crippen molar-refractivity contribution in [2.75, 3.05) is 24.3 Å². The molecule has 2 N–H and O–H groups in total.